The molecule has 0 radical (unpaired) electrons. The molecular formula is C15H26N2S. The van der Waals surface area contributed by atoms with Crippen LogP contribution in [0.5, 0.6) is 0 Å². The number of nitrogens with zero attached hydrogens (tertiary/aromatic N) is 1. The Labute approximate surface area is 115 Å². The van der Waals surface area contributed by atoms with E-state index in [2.05, 4.69) is 35.5 Å². The zero-order chi connectivity index (χ0) is 12.8. The number of thiophene rings is 1. The first-order valence-electron chi connectivity index (χ1n) is 7.24. The normalized spacial score (nSPS) is 16.2. The molecule has 0 bridgehead atoms. The third-order valence-electron chi connectivity index (χ3n) is 3.52. The molecule has 0 saturated heterocycles. The third kappa shape index (κ3) is 4.38. The summed E-state index contributed by atoms with van der Waals surface area (Å²) in [6.45, 7) is 10.6. The van der Waals surface area contributed by atoms with Gasteiger partial charge in [-0.3, -0.25) is 4.90 Å². The van der Waals surface area contributed by atoms with Gasteiger partial charge in [-0.1, -0.05) is 13.8 Å². The van der Waals surface area contributed by atoms with Crippen molar-refractivity contribution in [3.8, 4) is 0 Å². The molecule has 0 fully saturated rings. The topological polar surface area (TPSA) is 15.3 Å². The molecule has 0 saturated carbocycles. The van der Waals surface area contributed by atoms with E-state index in [1.807, 2.05) is 11.3 Å². The molecule has 1 aromatic rings. The minimum atomic E-state index is 0.768. The summed E-state index contributed by atoms with van der Waals surface area (Å²) < 4.78 is 0. The van der Waals surface area contributed by atoms with Crippen LogP contribution in [-0.4, -0.2) is 31.1 Å². The highest BCUT2D eigenvalue weighted by molar-refractivity contribution is 7.10. The maximum Gasteiger partial charge on any atom is 0.0244 e. The summed E-state index contributed by atoms with van der Waals surface area (Å²) in [4.78, 5) is 4.22. The fourth-order valence-corrected chi connectivity index (χ4v) is 3.36. The zero-order valence-electron chi connectivity index (χ0n) is 11.7. The smallest absolute Gasteiger partial charge is 0.0244 e. The van der Waals surface area contributed by atoms with Gasteiger partial charge in [0.25, 0.3) is 0 Å². The molecule has 2 rings (SSSR count). The predicted molar refractivity (Wildman–Crippen MR) is 80.2 cm³/mol. The van der Waals surface area contributed by atoms with Gasteiger partial charge in [-0.05, 0) is 61.8 Å². The highest BCUT2D eigenvalue weighted by Gasteiger charge is 2.16. The number of rotatable bonds is 7. The maximum atomic E-state index is 3.52. The average Bonchev–Trinajstić information content (AvgIpc) is 2.80. The Morgan fingerprint density at radius 3 is 3.11 bits per heavy atom. The van der Waals surface area contributed by atoms with Crippen LogP contribution in [0.15, 0.2) is 11.4 Å². The van der Waals surface area contributed by atoms with Crippen molar-refractivity contribution in [3.05, 3.63) is 21.9 Å². The largest absolute Gasteiger partial charge is 0.316 e. The minimum absolute atomic E-state index is 0.768. The summed E-state index contributed by atoms with van der Waals surface area (Å²) in [7, 11) is 0. The van der Waals surface area contributed by atoms with Crippen LogP contribution >= 0.6 is 11.3 Å². The first kappa shape index (κ1) is 14.0. The molecule has 1 aliphatic heterocycles. The molecule has 0 atom stereocenters. The van der Waals surface area contributed by atoms with E-state index in [1.54, 1.807) is 10.4 Å². The predicted octanol–water partition coefficient (Wildman–Crippen LogP) is 3.13. The van der Waals surface area contributed by atoms with Gasteiger partial charge in [-0.15, -0.1) is 11.3 Å². The van der Waals surface area contributed by atoms with Crippen LogP contribution in [0.3, 0.4) is 0 Å². The highest BCUT2D eigenvalue weighted by Crippen LogP contribution is 2.23. The van der Waals surface area contributed by atoms with E-state index < -0.39 is 0 Å². The Balaban J connectivity index is 1.56. The molecule has 18 heavy (non-hydrogen) atoms. The number of hydrogen-bond acceptors (Lipinski definition) is 3. The van der Waals surface area contributed by atoms with Crippen LogP contribution in [0, 0.1) is 5.92 Å². The monoisotopic (exact) mass is 266 g/mol. The lowest BCUT2D eigenvalue weighted by atomic mass is 10.1. The Bertz CT molecular complexity index is 346. The van der Waals surface area contributed by atoms with Crippen LogP contribution in [0.25, 0.3) is 0 Å². The van der Waals surface area contributed by atoms with E-state index in [9.17, 15) is 0 Å². The average molecular weight is 266 g/mol. The molecule has 0 aromatic carbocycles. The second kappa shape index (κ2) is 7.27. The molecule has 0 amide bonds. The van der Waals surface area contributed by atoms with Gasteiger partial charge in [0.05, 0.1) is 0 Å². The van der Waals surface area contributed by atoms with Crippen molar-refractivity contribution in [2.45, 2.75) is 39.7 Å². The van der Waals surface area contributed by atoms with Crippen molar-refractivity contribution in [1.82, 2.24) is 10.2 Å². The Morgan fingerprint density at radius 2 is 2.28 bits per heavy atom. The van der Waals surface area contributed by atoms with Crippen molar-refractivity contribution in [3.63, 3.8) is 0 Å². The van der Waals surface area contributed by atoms with Crippen molar-refractivity contribution in [1.29, 1.82) is 0 Å². The molecule has 1 aromatic heterocycles. The molecule has 1 aliphatic rings. The van der Waals surface area contributed by atoms with Crippen LogP contribution in [0.2, 0.25) is 0 Å². The minimum Gasteiger partial charge on any atom is -0.316 e. The van der Waals surface area contributed by atoms with Gasteiger partial charge < -0.3 is 5.32 Å². The zero-order valence-corrected chi connectivity index (χ0v) is 12.6. The van der Waals surface area contributed by atoms with E-state index in [-0.39, 0.29) is 0 Å². The SMILES string of the molecule is CC(C)CNCCCCN1CCc2sccc2C1. The maximum absolute atomic E-state index is 3.52. The molecular weight excluding hydrogens is 240 g/mol. The van der Waals surface area contributed by atoms with Gasteiger partial charge in [0.2, 0.25) is 0 Å². The molecule has 1 N–H and O–H groups in total. The molecule has 102 valence electrons. The highest BCUT2D eigenvalue weighted by atomic mass is 32.1. The van der Waals surface area contributed by atoms with Gasteiger partial charge in [-0.2, -0.15) is 0 Å². The number of unbranched alkanes of at least 4 members (excludes halogenated alkanes) is 1. The van der Waals surface area contributed by atoms with Crippen LogP contribution in [0.4, 0.5) is 0 Å². The number of fused-ring (bicyclic) bond motifs is 1. The van der Waals surface area contributed by atoms with Crippen molar-refractivity contribution in [2.75, 3.05) is 26.2 Å². The van der Waals surface area contributed by atoms with Crippen molar-refractivity contribution < 1.29 is 0 Å². The lowest BCUT2D eigenvalue weighted by Crippen LogP contribution is -2.31. The first-order chi connectivity index (χ1) is 8.75. The second-order valence-electron chi connectivity index (χ2n) is 5.70. The first-order valence-corrected chi connectivity index (χ1v) is 8.12. The van der Waals surface area contributed by atoms with E-state index in [0.717, 1.165) is 12.5 Å². The van der Waals surface area contributed by atoms with Crippen LogP contribution < -0.4 is 5.32 Å². The quantitative estimate of drug-likeness (QED) is 0.763. The van der Waals surface area contributed by atoms with E-state index in [4.69, 9.17) is 0 Å². The molecule has 2 nitrogen and oxygen atoms in total. The summed E-state index contributed by atoms with van der Waals surface area (Å²) in [5, 5.41) is 5.76. The summed E-state index contributed by atoms with van der Waals surface area (Å²) in [5.74, 6) is 0.768. The van der Waals surface area contributed by atoms with Gasteiger partial charge in [0.1, 0.15) is 0 Å². The molecule has 0 aliphatic carbocycles. The number of nitrogens with one attached hydrogen (secondary N) is 1. The van der Waals surface area contributed by atoms with Gasteiger partial charge >= 0.3 is 0 Å². The fraction of sp³-hybridized carbons (Fsp3) is 0.733. The lowest BCUT2D eigenvalue weighted by molar-refractivity contribution is 0.250. The second-order valence-corrected chi connectivity index (χ2v) is 6.70. The number of hydrogen-bond donors (Lipinski definition) is 1. The molecule has 2 heterocycles. The van der Waals surface area contributed by atoms with Gasteiger partial charge in [0.15, 0.2) is 0 Å². The van der Waals surface area contributed by atoms with Crippen molar-refractivity contribution >= 4 is 11.3 Å². The Hall–Kier alpha value is -0.380. The summed E-state index contributed by atoms with van der Waals surface area (Å²) >= 11 is 1.93. The molecule has 0 unspecified atom stereocenters. The molecule has 3 heteroatoms. The van der Waals surface area contributed by atoms with E-state index >= 15 is 0 Å². The lowest BCUT2D eigenvalue weighted by Gasteiger charge is -2.26. The van der Waals surface area contributed by atoms with E-state index in [0.29, 0.717) is 0 Å². The standard InChI is InChI=1S/C15H26N2S/c1-13(2)11-16-7-3-4-8-17-9-5-15-14(12-17)6-10-18-15/h6,10,13,16H,3-5,7-9,11-12H2,1-2H3. The fourth-order valence-electron chi connectivity index (χ4n) is 2.47. The Kier molecular flexibility index (Phi) is 5.67. The van der Waals surface area contributed by atoms with Gasteiger partial charge in [0, 0.05) is 18.0 Å². The third-order valence-corrected chi connectivity index (χ3v) is 4.54. The van der Waals surface area contributed by atoms with Gasteiger partial charge in [-0.25, -0.2) is 0 Å². The van der Waals surface area contributed by atoms with Crippen LogP contribution in [0.1, 0.15) is 37.1 Å². The van der Waals surface area contributed by atoms with Crippen molar-refractivity contribution in [2.24, 2.45) is 5.92 Å². The Morgan fingerprint density at radius 1 is 1.39 bits per heavy atom. The summed E-state index contributed by atoms with van der Waals surface area (Å²) in [6, 6.07) is 2.30. The summed E-state index contributed by atoms with van der Waals surface area (Å²) in [5.41, 5.74) is 1.57. The summed E-state index contributed by atoms with van der Waals surface area (Å²) in [6.07, 6.45) is 3.89. The van der Waals surface area contributed by atoms with E-state index in [1.165, 1.54) is 45.4 Å². The molecule has 0 spiro atoms. The van der Waals surface area contributed by atoms with Crippen LogP contribution in [-0.2, 0) is 13.0 Å².